The van der Waals surface area contributed by atoms with Gasteiger partial charge in [-0.25, -0.2) is 0 Å². The molecule has 0 aliphatic heterocycles. The second-order valence-corrected chi connectivity index (χ2v) is 18.8. The van der Waals surface area contributed by atoms with Crippen LogP contribution in [0.3, 0.4) is 0 Å². The molecule has 370 valence electrons. The molecule has 0 aromatic carbocycles. The summed E-state index contributed by atoms with van der Waals surface area (Å²) in [5.41, 5.74) is 0. The van der Waals surface area contributed by atoms with Gasteiger partial charge in [0.1, 0.15) is 13.2 Å². The lowest BCUT2D eigenvalue weighted by Crippen LogP contribution is -2.30. The van der Waals surface area contributed by atoms with E-state index in [1.807, 2.05) is 0 Å². The quantitative estimate of drug-likeness (QED) is 0.0262. The summed E-state index contributed by atoms with van der Waals surface area (Å²) in [5.74, 6) is -0.867. The number of ether oxygens (including phenoxy) is 3. The maximum Gasteiger partial charge on any atom is 0.306 e. The van der Waals surface area contributed by atoms with Gasteiger partial charge < -0.3 is 14.2 Å². The minimum Gasteiger partial charge on any atom is -0.462 e. The molecule has 0 heterocycles. The fraction of sp³-hybridized carbons (Fsp3) is 0.877. The molecule has 0 saturated heterocycles. The van der Waals surface area contributed by atoms with Gasteiger partial charge in [0.25, 0.3) is 0 Å². The van der Waals surface area contributed by atoms with Crippen molar-refractivity contribution in [3.05, 3.63) is 24.3 Å². The predicted molar refractivity (Wildman–Crippen MR) is 270 cm³/mol. The van der Waals surface area contributed by atoms with Crippen LogP contribution >= 0.6 is 0 Å². The lowest BCUT2D eigenvalue weighted by molar-refractivity contribution is -0.167. The van der Waals surface area contributed by atoms with Crippen LogP contribution in [0.15, 0.2) is 24.3 Å². The van der Waals surface area contributed by atoms with Crippen LogP contribution in [-0.2, 0) is 28.6 Å². The molecule has 0 amide bonds. The maximum atomic E-state index is 12.8. The van der Waals surface area contributed by atoms with Crippen LogP contribution in [0.1, 0.15) is 303 Å². The van der Waals surface area contributed by atoms with Crippen molar-refractivity contribution in [2.45, 2.75) is 309 Å². The normalized spacial score (nSPS) is 12.1. The molecule has 0 radical (unpaired) electrons. The molecular weight excluding hydrogens is 781 g/mol. The van der Waals surface area contributed by atoms with E-state index in [0.29, 0.717) is 19.3 Å². The van der Waals surface area contributed by atoms with E-state index in [4.69, 9.17) is 14.2 Å². The Morgan fingerprint density at radius 3 is 0.841 bits per heavy atom. The average molecular weight is 887 g/mol. The van der Waals surface area contributed by atoms with E-state index in [0.717, 1.165) is 64.2 Å². The highest BCUT2D eigenvalue weighted by Gasteiger charge is 2.19. The van der Waals surface area contributed by atoms with Crippen molar-refractivity contribution in [2.75, 3.05) is 13.2 Å². The van der Waals surface area contributed by atoms with E-state index in [1.54, 1.807) is 0 Å². The molecular formula is C57H106O6. The van der Waals surface area contributed by atoms with Crippen molar-refractivity contribution in [3.8, 4) is 0 Å². The highest BCUT2D eigenvalue weighted by Crippen LogP contribution is 2.16. The fourth-order valence-electron chi connectivity index (χ4n) is 8.18. The van der Waals surface area contributed by atoms with Gasteiger partial charge in [-0.05, 0) is 64.2 Å². The number of esters is 3. The minimum absolute atomic E-state index is 0.0711. The third-order valence-electron chi connectivity index (χ3n) is 12.4. The molecule has 0 saturated carbocycles. The largest absolute Gasteiger partial charge is 0.462 e. The topological polar surface area (TPSA) is 78.9 Å². The molecule has 0 rings (SSSR count). The van der Waals surface area contributed by atoms with Gasteiger partial charge in [0.05, 0.1) is 0 Å². The molecule has 6 heteroatoms. The minimum atomic E-state index is -0.771. The molecule has 0 unspecified atom stereocenters. The molecule has 0 aliphatic carbocycles. The van der Waals surface area contributed by atoms with Gasteiger partial charge in [-0.2, -0.15) is 0 Å². The molecule has 1 atom stereocenters. The first-order chi connectivity index (χ1) is 31.0. The Labute approximate surface area is 392 Å². The molecule has 0 bridgehead atoms. The van der Waals surface area contributed by atoms with Crippen LogP contribution in [-0.4, -0.2) is 37.2 Å². The van der Waals surface area contributed by atoms with Gasteiger partial charge >= 0.3 is 17.9 Å². The zero-order chi connectivity index (χ0) is 45.8. The van der Waals surface area contributed by atoms with Gasteiger partial charge in [-0.15, -0.1) is 0 Å². The molecule has 0 spiro atoms. The zero-order valence-corrected chi connectivity index (χ0v) is 42.4. The summed E-state index contributed by atoms with van der Waals surface area (Å²) in [6.45, 7) is 6.63. The second-order valence-electron chi connectivity index (χ2n) is 18.8. The number of carbonyl (C=O) groups is 3. The maximum absolute atomic E-state index is 12.8. The Bertz CT molecular complexity index is 1020. The summed E-state index contributed by atoms with van der Waals surface area (Å²) in [6.07, 6.45) is 60.2. The Kier molecular flexibility index (Phi) is 50.8. The standard InChI is InChI=1S/C57H106O6/c1-4-7-10-13-16-19-22-24-26-27-28-29-31-33-36-38-41-44-47-50-56(59)62-53-54(63-57(60)51-48-45-42-39-34-21-18-15-12-9-6-3)52-61-55(58)49-46-43-40-37-35-32-30-25-23-20-17-14-11-8-5-2/h15,18,24,26,54H,4-14,16-17,19-23,25,27-53H2,1-3H3/b18-15-,26-24-/t54-/m0/s1. The molecule has 0 aromatic heterocycles. The lowest BCUT2D eigenvalue weighted by atomic mass is 10.0. The summed E-state index contributed by atoms with van der Waals surface area (Å²) < 4.78 is 16.8. The number of allylic oxidation sites excluding steroid dienone is 4. The van der Waals surface area contributed by atoms with Crippen molar-refractivity contribution >= 4 is 17.9 Å². The zero-order valence-electron chi connectivity index (χ0n) is 42.4. The van der Waals surface area contributed by atoms with E-state index in [-0.39, 0.29) is 31.1 Å². The summed E-state index contributed by atoms with van der Waals surface area (Å²) >= 11 is 0. The van der Waals surface area contributed by atoms with Crippen LogP contribution in [0.4, 0.5) is 0 Å². The molecule has 0 N–H and O–H groups in total. The Morgan fingerprint density at radius 2 is 0.540 bits per heavy atom. The van der Waals surface area contributed by atoms with Gasteiger partial charge in [0, 0.05) is 19.3 Å². The molecule has 63 heavy (non-hydrogen) atoms. The van der Waals surface area contributed by atoms with Crippen LogP contribution < -0.4 is 0 Å². The Morgan fingerprint density at radius 1 is 0.302 bits per heavy atom. The fourth-order valence-corrected chi connectivity index (χ4v) is 8.18. The van der Waals surface area contributed by atoms with E-state index < -0.39 is 6.10 Å². The number of carbonyl (C=O) groups excluding carboxylic acids is 3. The Balaban J connectivity index is 4.27. The van der Waals surface area contributed by atoms with Crippen molar-refractivity contribution in [1.82, 2.24) is 0 Å². The van der Waals surface area contributed by atoms with Gasteiger partial charge in [0.15, 0.2) is 6.10 Å². The highest BCUT2D eigenvalue weighted by atomic mass is 16.6. The first kappa shape index (κ1) is 60.9. The van der Waals surface area contributed by atoms with E-state index in [2.05, 4.69) is 45.1 Å². The summed E-state index contributed by atoms with van der Waals surface area (Å²) in [6, 6.07) is 0. The monoisotopic (exact) mass is 887 g/mol. The first-order valence-corrected chi connectivity index (χ1v) is 27.8. The summed E-state index contributed by atoms with van der Waals surface area (Å²) in [7, 11) is 0. The van der Waals surface area contributed by atoms with Crippen molar-refractivity contribution in [2.24, 2.45) is 0 Å². The van der Waals surface area contributed by atoms with Gasteiger partial charge in [-0.3, -0.25) is 14.4 Å². The Hall–Kier alpha value is -2.11. The van der Waals surface area contributed by atoms with Gasteiger partial charge in [-0.1, -0.05) is 244 Å². The number of rotatable bonds is 51. The highest BCUT2D eigenvalue weighted by molar-refractivity contribution is 5.71. The second kappa shape index (κ2) is 52.5. The van der Waals surface area contributed by atoms with E-state index in [1.165, 1.54) is 199 Å². The van der Waals surface area contributed by atoms with Crippen molar-refractivity contribution in [3.63, 3.8) is 0 Å². The van der Waals surface area contributed by atoms with E-state index >= 15 is 0 Å². The summed E-state index contributed by atoms with van der Waals surface area (Å²) in [4.78, 5) is 38.0. The summed E-state index contributed by atoms with van der Waals surface area (Å²) in [5, 5.41) is 0. The van der Waals surface area contributed by atoms with Crippen LogP contribution in [0.2, 0.25) is 0 Å². The smallest absolute Gasteiger partial charge is 0.306 e. The van der Waals surface area contributed by atoms with Crippen molar-refractivity contribution < 1.29 is 28.6 Å². The average Bonchev–Trinajstić information content (AvgIpc) is 3.28. The van der Waals surface area contributed by atoms with Crippen LogP contribution in [0.25, 0.3) is 0 Å². The number of hydrogen-bond acceptors (Lipinski definition) is 6. The third-order valence-corrected chi connectivity index (χ3v) is 12.4. The van der Waals surface area contributed by atoms with E-state index in [9.17, 15) is 14.4 Å². The molecule has 0 aliphatic rings. The predicted octanol–water partition coefficient (Wildman–Crippen LogP) is 18.3. The number of unbranched alkanes of at least 4 members (excludes halogenated alkanes) is 36. The van der Waals surface area contributed by atoms with Crippen molar-refractivity contribution in [1.29, 1.82) is 0 Å². The molecule has 0 aromatic rings. The third kappa shape index (κ3) is 50.7. The number of hydrogen-bond donors (Lipinski definition) is 0. The van der Waals surface area contributed by atoms with Crippen LogP contribution in [0, 0.1) is 0 Å². The van der Waals surface area contributed by atoms with Gasteiger partial charge in [0.2, 0.25) is 0 Å². The van der Waals surface area contributed by atoms with Crippen LogP contribution in [0.5, 0.6) is 0 Å². The molecule has 6 nitrogen and oxygen atoms in total. The first-order valence-electron chi connectivity index (χ1n) is 27.8. The SMILES string of the molecule is CCCC/C=C\CCCCCCCC(=O)O[C@H](COC(=O)CCCCCCCCCCC/C=C\CCCCCCCC)COC(=O)CCCCCCCCCCCCCCCCC. The lowest BCUT2D eigenvalue weighted by Gasteiger charge is -2.18. The molecule has 0 fully saturated rings.